The van der Waals surface area contributed by atoms with Crippen LogP contribution in [0.3, 0.4) is 0 Å². The fourth-order valence-electron chi connectivity index (χ4n) is 8.61. The molecule has 5 aliphatic rings. The third-order valence-electron chi connectivity index (χ3n) is 9.95. The summed E-state index contributed by atoms with van der Waals surface area (Å²) in [5.74, 6) is 2.76. The first-order valence-electron chi connectivity index (χ1n) is 14.0. The second-order valence-corrected chi connectivity index (χ2v) is 12.4. The Morgan fingerprint density at radius 3 is 2.39 bits per heavy atom. The zero-order valence-corrected chi connectivity index (χ0v) is 21.4. The summed E-state index contributed by atoms with van der Waals surface area (Å²) >= 11 is 0. The van der Waals surface area contributed by atoms with E-state index in [9.17, 15) is 4.79 Å². The highest BCUT2D eigenvalue weighted by Crippen LogP contribution is 2.61. The number of hydrogen-bond donors (Lipinski definition) is 1. The van der Waals surface area contributed by atoms with E-state index in [1.54, 1.807) is 0 Å². The largest absolute Gasteiger partial charge is 0.349 e. The van der Waals surface area contributed by atoms with E-state index < -0.39 is 0 Å². The Bertz CT molecular complexity index is 1260. The summed E-state index contributed by atoms with van der Waals surface area (Å²) in [5.41, 5.74) is 5.66. The third-order valence-corrected chi connectivity index (χ3v) is 9.95. The molecule has 2 heterocycles. The van der Waals surface area contributed by atoms with Crippen LogP contribution in [-0.2, 0) is 19.5 Å². The van der Waals surface area contributed by atoms with Crippen LogP contribution >= 0.6 is 0 Å². The molecule has 4 nitrogen and oxygen atoms in total. The zero-order valence-electron chi connectivity index (χ0n) is 21.4. The van der Waals surface area contributed by atoms with Crippen LogP contribution < -0.4 is 5.32 Å². The van der Waals surface area contributed by atoms with Gasteiger partial charge in [0.05, 0.1) is 11.1 Å². The standard InChI is InChI=1S/C32H37N3O/c1-21(32-16-23-13-24(17-32)15-25(14-23)18-32)33-31(36)30-26-9-5-6-10-28(26)34-29-11-12-35(20-27(29)30)19-22-7-3-2-4-8-22/h2-10,21,23-25H,11-20H2,1H3,(H,33,36)/t21-,23?,24?,25?,32?/m0/s1. The van der Waals surface area contributed by atoms with Crippen LogP contribution in [0.4, 0.5) is 0 Å². The Morgan fingerprint density at radius 2 is 1.67 bits per heavy atom. The van der Waals surface area contributed by atoms with E-state index >= 15 is 0 Å². The van der Waals surface area contributed by atoms with Crippen LogP contribution in [0, 0.1) is 23.2 Å². The molecule has 0 spiro atoms. The normalized spacial score (nSPS) is 29.8. The predicted octanol–water partition coefficient (Wildman–Crippen LogP) is 6.13. The second kappa shape index (κ2) is 8.69. The monoisotopic (exact) mass is 479 g/mol. The van der Waals surface area contributed by atoms with Gasteiger partial charge in [0.25, 0.3) is 5.91 Å². The van der Waals surface area contributed by atoms with Crippen molar-refractivity contribution in [3.05, 3.63) is 77.0 Å². The first-order chi connectivity index (χ1) is 17.6. The minimum Gasteiger partial charge on any atom is -0.349 e. The van der Waals surface area contributed by atoms with Gasteiger partial charge < -0.3 is 5.32 Å². The van der Waals surface area contributed by atoms with Crippen molar-refractivity contribution >= 4 is 16.8 Å². The first kappa shape index (κ1) is 22.5. The number of carbonyl (C=O) groups excluding carboxylic acids is 1. The van der Waals surface area contributed by atoms with Crippen molar-refractivity contribution in [2.45, 2.75) is 71.0 Å². The van der Waals surface area contributed by atoms with E-state index in [0.29, 0.717) is 5.41 Å². The fourth-order valence-corrected chi connectivity index (χ4v) is 8.61. The number of hydrogen-bond acceptors (Lipinski definition) is 3. The molecule has 3 aromatic rings. The highest BCUT2D eigenvalue weighted by molar-refractivity contribution is 6.07. The lowest BCUT2D eigenvalue weighted by atomic mass is 9.48. The molecule has 4 saturated carbocycles. The molecule has 8 rings (SSSR count). The maximum atomic E-state index is 14.1. The summed E-state index contributed by atoms with van der Waals surface area (Å²) in [7, 11) is 0. The maximum absolute atomic E-state index is 14.1. The molecular weight excluding hydrogens is 442 g/mol. The van der Waals surface area contributed by atoms with E-state index in [2.05, 4.69) is 59.6 Å². The van der Waals surface area contributed by atoms with Crippen molar-refractivity contribution < 1.29 is 4.79 Å². The Morgan fingerprint density at radius 1 is 1.00 bits per heavy atom. The highest BCUT2D eigenvalue weighted by atomic mass is 16.1. The molecule has 4 heteroatoms. The molecule has 186 valence electrons. The molecule has 0 saturated heterocycles. The van der Waals surface area contributed by atoms with E-state index in [0.717, 1.165) is 71.5 Å². The Kier molecular flexibility index (Phi) is 5.43. The number of carbonyl (C=O) groups is 1. The van der Waals surface area contributed by atoms with Crippen molar-refractivity contribution in [1.82, 2.24) is 15.2 Å². The van der Waals surface area contributed by atoms with Crippen molar-refractivity contribution in [3.63, 3.8) is 0 Å². The SMILES string of the molecule is C[C@H](NC(=O)c1c2c(nc3ccccc13)CCN(Cc1ccccc1)C2)C12CC3CC(CC(C3)C1)C2. The molecule has 4 bridgehead atoms. The molecule has 1 aromatic heterocycles. The molecule has 4 aliphatic carbocycles. The summed E-state index contributed by atoms with van der Waals surface area (Å²) in [6, 6.07) is 19.1. The number of nitrogens with one attached hydrogen (secondary N) is 1. The predicted molar refractivity (Wildman–Crippen MR) is 144 cm³/mol. The molecule has 1 N–H and O–H groups in total. The summed E-state index contributed by atoms with van der Waals surface area (Å²) in [4.78, 5) is 21.6. The molecule has 1 aliphatic heterocycles. The van der Waals surface area contributed by atoms with Crippen molar-refractivity contribution in [2.75, 3.05) is 6.54 Å². The van der Waals surface area contributed by atoms with Gasteiger partial charge in [0.1, 0.15) is 0 Å². The molecule has 1 amide bonds. The summed E-state index contributed by atoms with van der Waals surface area (Å²) < 4.78 is 0. The first-order valence-corrected chi connectivity index (χ1v) is 14.0. The molecule has 36 heavy (non-hydrogen) atoms. The minimum absolute atomic E-state index is 0.106. The number of aromatic nitrogens is 1. The average Bonchev–Trinajstić information content (AvgIpc) is 2.87. The van der Waals surface area contributed by atoms with Crippen molar-refractivity contribution in [3.8, 4) is 0 Å². The quantitative estimate of drug-likeness (QED) is 0.479. The lowest BCUT2D eigenvalue weighted by Gasteiger charge is -2.59. The van der Waals surface area contributed by atoms with Gasteiger partial charge in [-0.2, -0.15) is 0 Å². The topological polar surface area (TPSA) is 45.2 Å². The lowest BCUT2D eigenvalue weighted by Crippen LogP contribution is -2.56. The summed E-state index contributed by atoms with van der Waals surface area (Å²) in [6.07, 6.45) is 9.10. The van der Waals surface area contributed by atoms with Gasteiger partial charge in [0, 0.05) is 48.7 Å². The number of amides is 1. The maximum Gasteiger partial charge on any atom is 0.252 e. The van der Waals surface area contributed by atoms with Crippen LogP contribution in [0.15, 0.2) is 54.6 Å². The van der Waals surface area contributed by atoms with Crippen molar-refractivity contribution in [1.29, 1.82) is 0 Å². The number of nitrogens with zero attached hydrogens (tertiary/aromatic N) is 2. The zero-order chi connectivity index (χ0) is 24.3. The Labute approximate surface area is 214 Å². The van der Waals surface area contributed by atoms with Gasteiger partial charge in [-0.1, -0.05) is 48.5 Å². The molecule has 0 radical (unpaired) electrons. The van der Waals surface area contributed by atoms with Crippen LogP contribution in [0.25, 0.3) is 10.9 Å². The molecule has 1 atom stereocenters. The summed E-state index contributed by atoms with van der Waals surface area (Å²) in [5, 5.41) is 4.57. The van der Waals surface area contributed by atoms with Crippen LogP contribution in [0.5, 0.6) is 0 Å². The smallest absolute Gasteiger partial charge is 0.252 e. The van der Waals surface area contributed by atoms with Gasteiger partial charge >= 0.3 is 0 Å². The van der Waals surface area contributed by atoms with Gasteiger partial charge in [0.2, 0.25) is 0 Å². The Balaban J connectivity index is 1.20. The van der Waals surface area contributed by atoms with Crippen LogP contribution in [0.1, 0.15) is 72.6 Å². The van der Waals surface area contributed by atoms with Gasteiger partial charge in [-0.25, -0.2) is 0 Å². The van der Waals surface area contributed by atoms with Gasteiger partial charge in [0.15, 0.2) is 0 Å². The van der Waals surface area contributed by atoms with E-state index in [1.807, 2.05) is 12.1 Å². The lowest BCUT2D eigenvalue weighted by molar-refractivity contribution is -0.0688. The fraction of sp³-hybridized carbons (Fsp3) is 0.500. The van der Waals surface area contributed by atoms with E-state index in [1.165, 1.54) is 44.1 Å². The number of fused-ring (bicyclic) bond motifs is 2. The number of pyridine rings is 1. The summed E-state index contributed by atoms with van der Waals surface area (Å²) in [6.45, 7) is 4.94. The van der Waals surface area contributed by atoms with Gasteiger partial charge in [-0.15, -0.1) is 0 Å². The van der Waals surface area contributed by atoms with Gasteiger partial charge in [-0.3, -0.25) is 14.7 Å². The molecular formula is C32H37N3O. The number of rotatable bonds is 5. The second-order valence-electron chi connectivity index (χ2n) is 12.4. The third kappa shape index (κ3) is 3.85. The van der Waals surface area contributed by atoms with Crippen LogP contribution in [-0.4, -0.2) is 28.4 Å². The molecule has 4 fully saturated rings. The minimum atomic E-state index is 0.106. The Hall–Kier alpha value is -2.72. The van der Waals surface area contributed by atoms with E-state index in [4.69, 9.17) is 4.98 Å². The highest BCUT2D eigenvalue weighted by Gasteiger charge is 2.53. The van der Waals surface area contributed by atoms with Gasteiger partial charge in [-0.05, 0) is 80.2 Å². The average molecular weight is 480 g/mol. The molecule has 2 aromatic carbocycles. The van der Waals surface area contributed by atoms with Crippen molar-refractivity contribution in [2.24, 2.45) is 23.2 Å². The van der Waals surface area contributed by atoms with Crippen LogP contribution in [0.2, 0.25) is 0 Å². The molecule has 0 unspecified atom stereocenters. The van der Waals surface area contributed by atoms with E-state index in [-0.39, 0.29) is 11.9 Å². The number of benzene rings is 2. The number of para-hydroxylation sites is 1.